The van der Waals surface area contributed by atoms with Gasteiger partial charge in [-0.15, -0.1) is 0 Å². The summed E-state index contributed by atoms with van der Waals surface area (Å²) in [7, 11) is 2.56. The van der Waals surface area contributed by atoms with Gasteiger partial charge in [0.2, 0.25) is 5.95 Å². The largest absolute Gasteiger partial charge is 0.487 e. The van der Waals surface area contributed by atoms with Gasteiger partial charge in [0.1, 0.15) is 35.5 Å². The third-order valence-corrected chi connectivity index (χ3v) is 4.77. The Morgan fingerprint density at radius 2 is 1.81 bits per heavy atom. The van der Waals surface area contributed by atoms with E-state index in [-0.39, 0.29) is 17.3 Å². The van der Waals surface area contributed by atoms with Crippen molar-refractivity contribution in [3.8, 4) is 17.5 Å². The number of aryl methyl sites for hydroxylation is 1. The summed E-state index contributed by atoms with van der Waals surface area (Å²) < 4.78 is 98.7. The summed E-state index contributed by atoms with van der Waals surface area (Å²) in [6.45, 7) is -2.43. The maximum atomic E-state index is 14.9. The number of nitrogens with zero attached hydrogens (tertiary/aromatic N) is 7. The molecule has 0 unspecified atom stereocenters. The molecule has 0 radical (unpaired) electrons. The van der Waals surface area contributed by atoms with Gasteiger partial charge in [0.15, 0.2) is 5.82 Å². The van der Waals surface area contributed by atoms with E-state index in [1.54, 1.807) is 6.07 Å². The molecule has 0 aliphatic carbocycles. The first-order chi connectivity index (χ1) is 17.1. The van der Waals surface area contributed by atoms with Crippen molar-refractivity contribution in [1.82, 2.24) is 29.8 Å². The van der Waals surface area contributed by atoms with E-state index in [9.17, 15) is 40.6 Å². The number of nitriles is 1. The third kappa shape index (κ3) is 5.09. The predicted octanol–water partition coefficient (Wildman–Crippen LogP) is 1.79. The van der Waals surface area contributed by atoms with Gasteiger partial charge in [-0.1, -0.05) is 0 Å². The van der Waals surface area contributed by atoms with Crippen LogP contribution in [0.15, 0.2) is 23.1 Å². The van der Waals surface area contributed by atoms with E-state index in [0.717, 1.165) is 19.3 Å². The first-order valence-electron chi connectivity index (χ1n) is 9.66. The van der Waals surface area contributed by atoms with E-state index in [0.29, 0.717) is 15.4 Å². The number of aliphatic hydroxyl groups is 1. The smallest absolute Gasteiger partial charge is 0.429 e. The van der Waals surface area contributed by atoms with Crippen molar-refractivity contribution in [2.75, 3.05) is 24.3 Å². The molecular formula is C18H14F7N9O3. The fourth-order valence-corrected chi connectivity index (χ4v) is 2.73. The number of anilines is 3. The van der Waals surface area contributed by atoms with E-state index < -0.39 is 53.2 Å². The van der Waals surface area contributed by atoms with Crippen LogP contribution >= 0.6 is 0 Å². The number of nitrogens with one attached hydrogen (secondary N) is 2. The number of alkyl halides is 6. The topological polar surface area (TPSA) is 156 Å². The molecule has 2 heterocycles. The van der Waals surface area contributed by atoms with Gasteiger partial charge in [-0.25, -0.2) is 14.2 Å². The van der Waals surface area contributed by atoms with Crippen molar-refractivity contribution in [3.05, 3.63) is 40.2 Å². The van der Waals surface area contributed by atoms with Crippen LogP contribution in [-0.2, 0) is 7.05 Å². The lowest BCUT2D eigenvalue weighted by Gasteiger charge is -2.32. The molecule has 3 aromatic rings. The van der Waals surface area contributed by atoms with Gasteiger partial charge in [-0.2, -0.15) is 46.0 Å². The van der Waals surface area contributed by atoms with Gasteiger partial charge in [0, 0.05) is 20.2 Å². The maximum Gasteiger partial charge on any atom is 0.429 e. The van der Waals surface area contributed by atoms with Crippen LogP contribution in [0.5, 0.6) is 5.75 Å². The third-order valence-electron chi connectivity index (χ3n) is 4.77. The van der Waals surface area contributed by atoms with E-state index in [1.807, 2.05) is 0 Å². The second kappa shape index (κ2) is 9.53. The highest BCUT2D eigenvalue weighted by atomic mass is 19.4. The zero-order valence-electron chi connectivity index (χ0n) is 18.5. The van der Waals surface area contributed by atoms with Gasteiger partial charge in [-0.3, -0.25) is 0 Å². The highest BCUT2D eigenvalue weighted by Gasteiger charge is 2.71. The number of hydrogen-bond donors (Lipinski definition) is 3. The number of halogens is 7. The van der Waals surface area contributed by atoms with Crippen molar-refractivity contribution >= 4 is 17.5 Å². The molecule has 0 fully saturated rings. The Labute approximate surface area is 200 Å². The Balaban J connectivity index is 2.09. The molecule has 12 nitrogen and oxygen atoms in total. The predicted molar refractivity (Wildman–Crippen MR) is 109 cm³/mol. The van der Waals surface area contributed by atoms with Crippen LogP contribution in [0.3, 0.4) is 0 Å². The molecule has 3 N–H and O–H groups in total. The van der Waals surface area contributed by atoms with E-state index in [1.165, 1.54) is 7.05 Å². The Morgan fingerprint density at radius 3 is 2.32 bits per heavy atom. The van der Waals surface area contributed by atoms with E-state index in [2.05, 4.69) is 35.8 Å². The highest BCUT2D eigenvalue weighted by Crippen LogP contribution is 2.43. The van der Waals surface area contributed by atoms with Crippen molar-refractivity contribution < 1.29 is 40.6 Å². The molecular weight excluding hydrogens is 523 g/mol. The lowest BCUT2D eigenvalue weighted by atomic mass is 10.0. The summed E-state index contributed by atoms with van der Waals surface area (Å²) in [6.07, 6.45) is -11.3. The van der Waals surface area contributed by atoms with Gasteiger partial charge >= 0.3 is 18.0 Å². The monoisotopic (exact) mass is 537 g/mol. The molecule has 198 valence electrons. The van der Waals surface area contributed by atoms with Crippen LogP contribution in [0.1, 0.15) is 5.56 Å². The Morgan fingerprint density at radius 1 is 1.16 bits per heavy atom. The van der Waals surface area contributed by atoms with Crippen LogP contribution in [0, 0.1) is 17.1 Å². The minimum Gasteiger partial charge on any atom is -0.487 e. The zero-order chi connectivity index (χ0) is 27.8. The Bertz CT molecular complexity index is 1400. The first kappa shape index (κ1) is 27.1. The molecule has 0 bridgehead atoms. The van der Waals surface area contributed by atoms with Crippen molar-refractivity contribution in [3.63, 3.8) is 0 Å². The molecule has 0 amide bonds. The molecule has 2 aromatic heterocycles. The fraction of sp³-hybridized carbons (Fsp3) is 0.333. The zero-order valence-corrected chi connectivity index (χ0v) is 18.5. The molecule has 37 heavy (non-hydrogen) atoms. The molecule has 0 spiro atoms. The lowest BCUT2D eigenvalue weighted by molar-refractivity contribution is -0.373. The van der Waals surface area contributed by atoms with Crippen LogP contribution < -0.4 is 21.1 Å². The second-order valence-electron chi connectivity index (χ2n) is 7.18. The standard InChI is InChI=1S/C18H14F7N9O3/c1-27-13-8(5-26)6-28-14(30-13)29-10-4-11(34-15(35)33(2)31-32-34)12(3-9(10)19)37-7-16(36,17(20,21)22)18(23,24)25/h3-4,6,36H,7H2,1-2H3,(H2,27,28,29,30). The molecule has 19 heteroatoms. The van der Waals surface area contributed by atoms with Crippen molar-refractivity contribution in [2.45, 2.75) is 18.0 Å². The minimum absolute atomic E-state index is 0.0332. The Kier molecular flexibility index (Phi) is 6.99. The van der Waals surface area contributed by atoms with E-state index >= 15 is 0 Å². The average molecular weight is 537 g/mol. The number of aromatic nitrogens is 6. The average Bonchev–Trinajstić information content (AvgIpc) is 3.15. The quantitative estimate of drug-likeness (QED) is 0.380. The summed E-state index contributed by atoms with van der Waals surface area (Å²) >= 11 is 0. The SMILES string of the molecule is CNc1nc(Nc2cc(-n3nnn(C)c3=O)c(OCC(O)(C(F)(F)F)C(F)(F)F)cc2F)ncc1C#N. The summed E-state index contributed by atoms with van der Waals surface area (Å²) in [5.74, 6) is -2.55. The van der Waals surface area contributed by atoms with Crippen molar-refractivity contribution in [2.24, 2.45) is 7.05 Å². The molecule has 0 saturated heterocycles. The van der Waals surface area contributed by atoms with Gasteiger partial charge < -0.3 is 20.5 Å². The van der Waals surface area contributed by atoms with Crippen molar-refractivity contribution in [1.29, 1.82) is 5.26 Å². The number of tetrazole rings is 1. The summed E-state index contributed by atoms with van der Waals surface area (Å²) in [6, 6.07) is 2.91. The van der Waals surface area contributed by atoms with Gasteiger partial charge in [0.25, 0.3) is 5.60 Å². The molecule has 0 aliphatic rings. The van der Waals surface area contributed by atoms with Crippen LogP contribution in [-0.4, -0.2) is 66.5 Å². The normalized spacial score (nSPS) is 12.2. The van der Waals surface area contributed by atoms with Crippen LogP contribution in [0.2, 0.25) is 0 Å². The summed E-state index contributed by atoms with van der Waals surface area (Å²) in [4.78, 5) is 20.0. The summed E-state index contributed by atoms with van der Waals surface area (Å²) in [5, 5.41) is 30.2. The molecule has 0 saturated carbocycles. The van der Waals surface area contributed by atoms with Crippen LogP contribution in [0.25, 0.3) is 5.69 Å². The number of rotatable bonds is 7. The highest BCUT2D eigenvalue weighted by molar-refractivity contribution is 5.64. The molecule has 0 aliphatic heterocycles. The molecule has 1 aromatic carbocycles. The van der Waals surface area contributed by atoms with E-state index in [4.69, 9.17) is 5.26 Å². The number of ether oxygens (including phenoxy) is 1. The Hall–Kier alpha value is -4.47. The van der Waals surface area contributed by atoms with Crippen LogP contribution in [0.4, 0.5) is 48.2 Å². The maximum absolute atomic E-state index is 14.9. The second-order valence-corrected chi connectivity index (χ2v) is 7.18. The van der Waals surface area contributed by atoms with Gasteiger partial charge in [-0.05, 0) is 16.5 Å². The fourth-order valence-electron chi connectivity index (χ4n) is 2.73. The minimum atomic E-state index is -6.22. The summed E-state index contributed by atoms with van der Waals surface area (Å²) in [5.41, 5.74) is -7.48. The first-order valence-corrected chi connectivity index (χ1v) is 9.66. The lowest BCUT2D eigenvalue weighted by Crippen LogP contribution is -2.60. The number of hydrogen-bond acceptors (Lipinski definition) is 10. The van der Waals surface area contributed by atoms with Gasteiger partial charge in [0.05, 0.1) is 11.9 Å². The number of benzene rings is 1. The molecule has 3 rings (SSSR count). The molecule has 0 atom stereocenters.